The molecule has 2 aliphatic rings. The molecule has 1 aliphatic heterocycles. The Labute approximate surface area is 142 Å². The number of esters is 1. The van der Waals surface area contributed by atoms with Gasteiger partial charge in [-0.25, -0.2) is 9.78 Å². The van der Waals surface area contributed by atoms with E-state index >= 15 is 0 Å². The number of halogens is 1. The molecule has 3 rings (SSSR count). The summed E-state index contributed by atoms with van der Waals surface area (Å²) in [7, 11) is 0. The van der Waals surface area contributed by atoms with E-state index in [1.165, 1.54) is 12.8 Å². The minimum absolute atomic E-state index is 0.000626. The number of nitrogens with one attached hydrogen (secondary N) is 1. The molecule has 0 bridgehead atoms. The lowest BCUT2D eigenvalue weighted by Gasteiger charge is -2.56. The summed E-state index contributed by atoms with van der Waals surface area (Å²) < 4.78 is 11.9. The molecule has 1 saturated heterocycles. The van der Waals surface area contributed by atoms with Crippen LogP contribution in [0.25, 0.3) is 0 Å². The molecule has 5 nitrogen and oxygen atoms in total. The number of hydrogen-bond donors (Lipinski definition) is 1. The van der Waals surface area contributed by atoms with Gasteiger partial charge in [-0.3, -0.25) is 0 Å². The Morgan fingerprint density at radius 2 is 2.18 bits per heavy atom. The van der Waals surface area contributed by atoms with Crippen LogP contribution in [0.5, 0.6) is 0 Å². The Hall–Kier alpha value is -0.500. The highest BCUT2D eigenvalue weighted by Gasteiger charge is 2.58. The Morgan fingerprint density at radius 3 is 2.77 bits per heavy atom. The molecule has 1 aromatic heterocycles. The largest absolute Gasteiger partial charge is 0.464 e. The Bertz CT molecular complexity index is 535. The molecule has 0 atom stereocenters. The third kappa shape index (κ3) is 3.22. The van der Waals surface area contributed by atoms with Crippen LogP contribution in [-0.2, 0) is 19.9 Å². The van der Waals surface area contributed by atoms with Crippen molar-refractivity contribution < 1.29 is 14.3 Å². The number of carbonyl (C=O) groups excluding carboxylic acids is 1. The van der Waals surface area contributed by atoms with Crippen molar-refractivity contribution >= 4 is 33.2 Å². The van der Waals surface area contributed by atoms with Crippen LogP contribution in [-0.4, -0.2) is 37.3 Å². The van der Waals surface area contributed by atoms with E-state index in [2.05, 4.69) is 26.2 Å². The van der Waals surface area contributed by atoms with Crippen molar-refractivity contribution in [1.29, 1.82) is 0 Å². The number of nitrogens with zero attached hydrogens (tertiary/aromatic N) is 1. The van der Waals surface area contributed by atoms with Crippen LogP contribution in [0.2, 0.25) is 0 Å². The fourth-order valence-corrected chi connectivity index (χ4v) is 5.05. The van der Waals surface area contributed by atoms with Gasteiger partial charge in [-0.05, 0) is 67.0 Å². The Balaban J connectivity index is 1.72. The van der Waals surface area contributed by atoms with Crippen LogP contribution in [0.15, 0.2) is 9.98 Å². The molecule has 2 fully saturated rings. The summed E-state index contributed by atoms with van der Waals surface area (Å²) in [6.45, 7) is 4.32. The van der Waals surface area contributed by atoms with Gasteiger partial charge in [0.15, 0.2) is 0 Å². The zero-order valence-electron chi connectivity index (χ0n) is 12.7. The quantitative estimate of drug-likeness (QED) is 0.785. The first-order chi connectivity index (χ1) is 10.6. The lowest BCUT2D eigenvalue weighted by Crippen LogP contribution is -2.55. The Kier molecular flexibility index (Phi) is 4.87. The standard InChI is InChI=1S/C15H21BrN2O3S/c1-2-20-12(19)7-21-15(13-18-11(16)8-22-13)9-14(10-15)3-5-17-6-4-14/h8,17H,2-7,9-10H2,1H3. The predicted octanol–water partition coefficient (Wildman–Crippen LogP) is 2.84. The lowest BCUT2D eigenvalue weighted by molar-refractivity contribution is -0.197. The molecular formula is C15H21BrN2O3S. The van der Waals surface area contributed by atoms with Gasteiger partial charge >= 0.3 is 5.97 Å². The maximum Gasteiger partial charge on any atom is 0.332 e. The first-order valence-corrected chi connectivity index (χ1v) is 9.37. The number of ether oxygens (including phenoxy) is 2. The van der Waals surface area contributed by atoms with Gasteiger partial charge in [-0.2, -0.15) is 0 Å². The van der Waals surface area contributed by atoms with Crippen molar-refractivity contribution in [2.45, 2.75) is 38.2 Å². The van der Waals surface area contributed by atoms with Crippen LogP contribution in [0.4, 0.5) is 0 Å². The zero-order chi connectivity index (χ0) is 15.6. The number of carbonyl (C=O) groups is 1. The van der Waals surface area contributed by atoms with Crippen LogP contribution >= 0.6 is 27.3 Å². The number of hydrogen-bond acceptors (Lipinski definition) is 6. The van der Waals surface area contributed by atoms with Crippen molar-refractivity contribution in [3.05, 3.63) is 15.0 Å². The van der Waals surface area contributed by atoms with Crippen LogP contribution in [0, 0.1) is 5.41 Å². The predicted molar refractivity (Wildman–Crippen MR) is 87.8 cm³/mol. The highest BCUT2D eigenvalue weighted by atomic mass is 79.9. The Morgan fingerprint density at radius 1 is 1.45 bits per heavy atom. The molecule has 1 aromatic rings. The molecule has 7 heteroatoms. The first-order valence-electron chi connectivity index (χ1n) is 7.69. The van der Waals surface area contributed by atoms with Crippen LogP contribution in [0.1, 0.15) is 37.6 Å². The molecule has 122 valence electrons. The minimum Gasteiger partial charge on any atom is -0.464 e. The van der Waals surface area contributed by atoms with Gasteiger partial charge in [0, 0.05) is 5.38 Å². The first kappa shape index (κ1) is 16.4. The van der Waals surface area contributed by atoms with E-state index in [0.29, 0.717) is 12.0 Å². The molecule has 22 heavy (non-hydrogen) atoms. The molecule has 1 aliphatic carbocycles. The summed E-state index contributed by atoms with van der Waals surface area (Å²) in [6.07, 6.45) is 4.23. The fraction of sp³-hybridized carbons (Fsp3) is 0.733. The van der Waals surface area contributed by atoms with E-state index in [1.54, 1.807) is 18.3 Å². The van der Waals surface area contributed by atoms with Crippen molar-refractivity contribution in [2.75, 3.05) is 26.3 Å². The number of piperidine rings is 1. The van der Waals surface area contributed by atoms with Crippen molar-refractivity contribution in [3.8, 4) is 0 Å². The van der Waals surface area contributed by atoms with Gasteiger partial charge in [0.25, 0.3) is 0 Å². The second kappa shape index (κ2) is 6.55. The average molecular weight is 389 g/mol. The van der Waals surface area contributed by atoms with Gasteiger partial charge in [0.05, 0.1) is 6.61 Å². The van der Waals surface area contributed by atoms with Crippen molar-refractivity contribution in [2.24, 2.45) is 5.41 Å². The fourth-order valence-electron chi connectivity index (χ4n) is 3.65. The third-order valence-corrected chi connectivity index (χ3v) is 6.36. The molecule has 1 N–H and O–H groups in total. The average Bonchev–Trinajstić information content (AvgIpc) is 2.91. The van der Waals surface area contributed by atoms with E-state index in [9.17, 15) is 4.79 Å². The van der Waals surface area contributed by atoms with Gasteiger partial charge in [0.2, 0.25) is 0 Å². The van der Waals surface area contributed by atoms with Gasteiger partial charge in [-0.1, -0.05) is 0 Å². The van der Waals surface area contributed by atoms with Crippen molar-refractivity contribution in [1.82, 2.24) is 10.3 Å². The lowest BCUT2D eigenvalue weighted by atomic mass is 9.55. The maximum atomic E-state index is 11.7. The summed E-state index contributed by atoms with van der Waals surface area (Å²) in [5.74, 6) is -0.302. The highest BCUT2D eigenvalue weighted by Crippen LogP contribution is 2.60. The van der Waals surface area contributed by atoms with Crippen molar-refractivity contribution in [3.63, 3.8) is 0 Å². The van der Waals surface area contributed by atoms with Crippen LogP contribution < -0.4 is 5.32 Å². The van der Waals surface area contributed by atoms with E-state index in [4.69, 9.17) is 9.47 Å². The molecule has 1 saturated carbocycles. The maximum absolute atomic E-state index is 11.7. The molecule has 0 amide bonds. The topological polar surface area (TPSA) is 60.5 Å². The summed E-state index contributed by atoms with van der Waals surface area (Å²) in [4.78, 5) is 16.2. The highest BCUT2D eigenvalue weighted by molar-refractivity contribution is 9.10. The molecule has 1 spiro atoms. The van der Waals surface area contributed by atoms with Gasteiger partial charge in [-0.15, -0.1) is 11.3 Å². The number of thiazole rings is 1. The molecule has 0 unspecified atom stereocenters. The summed E-state index contributed by atoms with van der Waals surface area (Å²) >= 11 is 5.01. The molecule has 0 aromatic carbocycles. The van der Waals surface area contributed by atoms with E-state index in [-0.39, 0.29) is 12.6 Å². The normalized spacial score (nSPS) is 22.3. The monoisotopic (exact) mass is 388 g/mol. The molecule has 2 heterocycles. The van der Waals surface area contributed by atoms with Gasteiger partial charge < -0.3 is 14.8 Å². The number of aromatic nitrogens is 1. The second-order valence-corrected chi connectivity index (χ2v) is 7.84. The van der Waals surface area contributed by atoms with Gasteiger partial charge in [0.1, 0.15) is 21.8 Å². The van der Waals surface area contributed by atoms with E-state index in [1.807, 2.05) is 5.38 Å². The number of rotatable bonds is 5. The zero-order valence-corrected chi connectivity index (χ0v) is 15.1. The minimum atomic E-state index is -0.416. The summed E-state index contributed by atoms with van der Waals surface area (Å²) in [6, 6.07) is 0. The SMILES string of the molecule is CCOC(=O)COC1(c2nc(Br)cs2)CC2(CCNCC2)C1. The summed E-state index contributed by atoms with van der Waals surface area (Å²) in [5, 5.41) is 6.35. The van der Waals surface area contributed by atoms with Crippen LogP contribution in [0.3, 0.4) is 0 Å². The van der Waals surface area contributed by atoms with E-state index < -0.39 is 5.60 Å². The second-order valence-electron chi connectivity index (χ2n) is 6.17. The van der Waals surface area contributed by atoms with E-state index in [0.717, 1.165) is 35.5 Å². The molecule has 0 radical (unpaired) electrons. The smallest absolute Gasteiger partial charge is 0.332 e. The molecular weight excluding hydrogens is 368 g/mol. The third-order valence-electron chi connectivity index (χ3n) is 4.62. The summed E-state index contributed by atoms with van der Waals surface area (Å²) in [5.41, 5.74) is -0.0706.